The molecule has 1 fully saturated rings. The van der Waals surface area contributed by atoms with Gasteiger partial charge in [0.05, 0.1) is 6.54 Å². The normalized spacial score (nSPS) is 14.3. The van der Waals surface area contributed by atoms with E-state index in [0.29, 0.717) is 24.5 Å². The van der Waals surface area contributed by atoms with Gasteiger partial charge in [0, 0.05) is 6.04 Å². The van der Waals surface area contributed by atoms with Gasteiger partial charge >= 0.3 is 0 Å². The van der Waals surface area contributed by atoms with Gasteiger partial charge in [-0.1, -0.05) is 5.92 Å². The second kappa shape index (κ2) is 4.00. The molecule has 1 saturated carbocycles. The molecule has 6 heteroatoms. The Morgan fingerprint density at radius 2 is 2.07 bits per heavy atom. The predicted octanol–water partition coefficient (Wildman–Crippen LogP) is 0.0732. The SMILES string of the molecule is C#CCNc1nc(N)nc(NC2CC2)n1. The number of nitrogens with two attached hydrogens (primary N) is 1. The smallest absolute Gasteiger partial charge is 0.230 e. The molecule has 15 heavy (non-hydrogen) atoms. The summed E-state index contributed by atoms with van der Waals surface area (Å²) in [7, 11) is 0. The molecule has 0 spiro atoms. The molecular weight excluding hydrogens is 192 g/mol. The first kappa shape index (κ1) is 9.52. The molecule has 1 aliphatic rings. The molecule has 4 N–H and O–H groups in total. The number of nitrogens with one attached hydrogen (secondary N) is 2. The van der Waals surface area contributed by atoms with E-state index in [1.807, 2.05) is 0 Å². The topological polar surface area (TPSA) is 88.8 Å². The van der Waals surface area contributed by atoms with Gasteiger partial charge in [-0.3, -0.25) is 0 Å². The lowest BCUT2D eigenvalue weighted by molar-refractivity contribution is 1.01. The Hall–Kier alpha value is -2.03. The lowest BCUT2D eigenvalue weighted by Gasteiger charge is -2.05. The average molecular weight is 204 g/mol. The molecule has 1 aromatic rings. The minimum absolute atomic E-state index is 0.188. The van der Waals surface area contributed by atoms with Crippen LogP contribution < -0.4 is 16.4 Å². The third kappa shape index (κ3) is 2.71. The Kier molecular flexibility index (Phi) is 2.54. The van der Waals surface area contributed by atoms with Crippen LogP contribution in [0.1, 0.15) is 12.8 Å². The van der Waals surface area contributed by atoms with Crippen molar-refractivity contribution in [2.75, 3.05) is 22.9 Å². The third-order valence-electron chi connectivity index (χ3n) is 1.91. The van der Waals surface area contributed by atoms with Gasteiger partial charge in [0.1, 0.15) is 0 Å². The summed E-state index contributed by atoms with van der Waals surface area (Å²) in [5, 5.41) is 5.99. The van der Waals surface area contributed by atoms with Crippen molar-refractivity contribution >= 4 is 17.8 Å². The van der Waals surface area contributed by atoms with Gasteiger partial charge in [0.25, 0.3) is 0 Å². The highest BCUT2D eigenvalue weighted by Crippen LogP contribution is 2.23. The number of hydrogen-bond acceptors (Lipinski definition) is 6. The maximum atomic E-state index is 5.53. The van der Waals surface area contributed by atoms with E-state index in [-0.39, 0.29) is 5.95 Å². The van der Waals surface area contributed by atoms with Crippen LogP contribution in [0.5, 0.6) is 0 Å². The van der Waals surface area contributed by atoms with Gasteiger partial charge in [-0.25, -0.2) is 0 Å². The van der Waals surface area contributed by atoms with Crippen LogP contribution >= 0.6 is 0 Å². The number of anilines is 3. The van der Waals surface area contributed by atoms with E-state index in [2.05, 4.69) is 31.5 Å². The summed E-state index contributed by atoms with van der Waals surface area (Å²) in [6.07, 6.45) is 7.42. The molecule has 0 amide bonds. The fourth-order valence-electron chi connectivity index (χ4n) is 1.08. The van der Waals surface area contributed by atoms with Gasteiger partial charge in [0.2, 0.25) is 17.8 Å². The van der Waals surface area contributed by atoms with Crippen molar-refractivity contribution in [2.45, 2.75) is 18.9 Å². The van der Waals surface area contributed by atoms with Crippen molar-refractivity contribution in [1.29, 1.82) is 0 Å². The van der Waals surface area contributed by atoms with Crippen LogP contribution in [-0.4, -0.2) is 27.5 Å². The van der Waals surface area contributed by atoms with Crippen molar-refractivity contribution in [3.63, 3.8) is 0 Å². The van der Waals surface area contributed by atoms with Crippen molar-refractivity contribution in [1.82, 2.24) is 15.0 Å². The number of hydrogen-bond donors (Lipinski definition) is 3. The molecule has 0 aromatic carbocycles. The number of nitrogen functional groups attached to an aromatic ring is 1. The maximum absolute atomic E-state index is 5.53. The van der Waals surface area contributed by atoms with Gasteiger partial charge in [-0.2, -0.15) is 15.0 Å². The van der Waals surface area contributed by atoms with E-state index in [1.165, 1.54) is 0 Å². The number of aromatic nitrogens is 3. The van der Waals surface area contributed by atoms with Crippen LogP contribution in [0.2, 0.25) is 0 Å². The van der Waals surface area contributed by atoms with Gasteiger partial charge in [-0.15, -0.1) is 6.42 Å². The highest BCUT2D eigenvalue weighted by molar-refractivity contribution is 5.41. The molecule has 0 radical (unpaired) electrons. The molecule has 1 aromatic heterocycles. The second-order valence-electron chi connectivity index (χ2n) is 3.32. The van der Waals surface area contributed by atoms with Crippen LogP contribution in [0.4, 0.5) is 17.8 Å². The summed E-state index contributed by atoms with van der Waals surface area (Å²) < 4.78 is 0. The zero-order chi connectivity index (χ0) is 10.7. The molecule has 0 saturated heterocycles. The fourth-order valence-corrected chi connectivity index (χ4v) is 1.08. The molecule has 1 aliphatic carbocycles. The first-order valence-electron chi connectivity index (χ1n) is 4.73. The molecule has 1 heterocycles. The Labute approximate surface area is 87.7 Å². The van der Waals surface area contributed by atoms with Gasteiger partial charge < -0.3 is 16.4 Å². The highest BCUT2D eigenvalue weighted by Gasteiger charge is 2.22. The molecular formula is C9H12N6. The molecule has 78 valence electrons. The Bertz CT molecular complexity index is 392. The van der Waals surface area contributed by atoms with Crippen LogP contribution in [0.25, 0.3) is 0 Å². The van der Waals surface area contributed by atoms with Crippen LogP contribution in [0, 0.1) is 12.3 Å². The fraction of sp³-hybridized carbons (Fsp3) is 0.444. The van der Waals surface area contributed by atoms with E-state index >= 15 is 0 Å². The Morgan fingerprint density at radius 3 is 2.73 bits per heavy atom. The number of rotatable bonds is 4. The van der Waals surface area contributed by atoms with E-state index in [9.17, 15) is 0 Å². The first-order valence-corrected chi connectivity index (χ1v) is 4.73. The average Bonchev–Trinajstić information content (AvgIpc) is 2.98. The van der Waals surface area contributed by atoms with Crippen molar-refractivity contribution in [2.24, 2.45) is 0 Å². The summed E-state index contributed by atoms with van der Waals surface area (Å²) >= 11 is 0. The Balaban J connectivity index is 2.09. The molecule has 0 bridgehead atoms. The predicted molar refractivity (Wildman–Crippen MR) is 58.2 cm³/mol. The minimum Gasteiger partial charge on any atom is -0.368 e. The first-order chi connectivity index (χ1) is 7.28. The molecule has 6 nitrogen and oxygen atoms in total. The second-order valence-corrected chi connectivity index (χ2v) is 3.32. The van der Waals surface area contributed by atoms with Crippen LogP contribution in [-0.2, 0) is 0 Å². The summed E-state index contributed by atoms with van der Waals surface area (Å²) in [4.78, 5) is 12.0. The molecule has 2 rings (SSSR count). The van der Waals surface area contributed by atoms with Gasteiger partial charge in [0.15, 0.2) is 0 Å². The van der Waals surface area contributed by atoms with Crippen molar-refractivity contribution in [3.05, 3.63) is 0 Å². The van der Waals surface area contributed by atoms with E-state index in [1.54, 1.807) is 0 Å². The summed E-state index contributed by atoms with van der Waals surface area (Å²) in [6, 6.07) is 0.479. The highest BCUT2D eigenvalue weighted by atomic mass is 15.3. The summed E-state index contributed by atoms with van der Waals surface area (Å²) in [6.45, 7) is 0.367. The molecule has 0 unspecified atom stereocenters. The number of terminal acetylenes is 1. The quantitative estimate of drug-likeness (QED) is 0.601. The van der Waals surface area contributed by atoms with Crippen molar-refractivity contribution < 1.29 is 0 Å². The van der Waals surface area contributed by atoms with Crippen LogP contribution in [0.15, 0.2) is 0 Å². The maximum Gasteiger partial charge on any atom is 0.230 e. The number of nitrogens with zero attached hydrogens (tertiary/aromatic N) is 3. The van der Waals surface area contributed by atoms with Gasteiger partial charge in [-0.05, 0) is 12.8 Å². The zero-order valence-corrected chi connectivity index (χ0v) is 8.20. The third-order valence-corrected chi connectivity index (χ3v) is 1.91. The lowest BCUT2D eigenvalue weighted by atomic mass is 10.6. The Morgan fingerprint density at radius 1 is 1.33 bits per heavy atom. The summed E-state index contributed by atoms with van der Waals surface area (Å²) in [5.74, 6) is 3.53. The lowest BCUT2D eigenvalue weighted by Crippen LogP contribution is -2.12. The van der Waals surface area contributed by atoms with E-state index < -0.39 is 0 Å². The zero-order valence-electron chi connectivity index (χ0n) is 8.20. The van der Waals surface area contributed by atoms with E-state index in [0.717, 1.165) is 12.8 Å². The van der Waals surface area contributed by atoms with E-state index in [4.69, 9.17) is 12.2 Å². The largest absolute Gasteiger partial charge is 0.368 e. The molecule has 0 atom stereocenters. The van der Waals surface area contributed by atoms with Crippen molar-refractivity contribution in [3.8, 4) is 12.3 Å². The molecule has 0 aliphatic heterocycles. The monoisotopic (exact) mass is 204 g/mol. The standard InChI is InChI=1S/C9H12N6/c1-2-5-11-8-13-7(10)14-9(15-8)12-6-3-4-6/h1,6H,3-5H2,(H4,10,11,12,13,14,15). The summed E-state index contributed by atoms with van der Waals surface area (Å²) in [5.41, 5.74) is 5.53. The minimum atomic E-state index is 0.188. The van der Waals surface area contributed by atoms with Crippen LogP contribution in [0.3, 0.4) is 0 Å².